The summed E-state index contributed by atoms with van der Waals surface area (Å²) in [5.74, 6) is 0.0605. The zero-order valence-electron chi connectivity index (χ0n) is 20.3. The Morgan fingerprint density at radius 2 is 1.56 bits per heavy atom. The topological polar surface area (TPSA) is 70.4 Å². The second-order valence-corrected chi connectivity index (χ2v) is 10.3. The van der Waals surface area contributed by atoms with E-state index in [9.17, 15) is 9.59 Å². The average Bonchev–Trinajstić information content (AvgIpc) is 3.37. The van der Waals surface area contributed by atoms with Crippen molar-refractivity contribution in [1.29, 1.82) is 5.26 Å². The second kappa shape index (κ2) is 8.95. The molecule has 180 valence electrons. The number of rotatable bonds is 4. The number of ketones is 1. The molecule has 5 nitrogen and oxygen atoms in total. The van der Waals surface area contributed by atoms with Gasteiger partial charge in [0.05, 0.1) is 11.6 Å². The molecule has 2 fully saturated rings. The molecule has 0 N–H and O–H groups in total. The number of piperidine rings is 1. The SMILES string of the molecule is Cc1cc(C#N)ccc1C(=O)C1CC2CCC(C1)N2C(=O)OCC1c2ccccc2-c2ccccc21. The van der Waals surface area contributed by atoms with Gasteiger partial charge in [0.15, 0.2) is 5.78 Å². The third-order valence-corrected chi connectivity index (χ3v) is 8.27. The number of hydrogen-bond donors (Lipinski definition) is 0. The van der Waals surface area contributed by atoms with Gasteiger partial charge < -0.3 is 9.64 Å². The van der Waals surface area contributed by atoms with Gasteiger partial charge in [-0.1, -0.05) is 48.5 Å². The van der Waals surface area contributed by atoms with Crippen molar-refractivity contribution < 1.29 is 14.3 Å². The summed E-state index contributed by atoms with van der Waals surface area (Å²) in [6.45, 7) is 2.20. The number of nitrogens with zero attached hydrogens (tertiary/aromatic N) is 2. The van der Waals surface area contributed by atoms with Gasteiger partial charge in [0.1, 0.15) is 6.61 Å². The minimum Gasteiger partial charge on any atom is -0.448 e. The van der Waals surface area contributed by atoms with E-state index in [1.165, 1.54) is 22.3 Å². The smallest absolute Gasteiger partial charge is 0.410 e. The number of aryl methyl sites for hydroxylation is 1. The van der Waals surface area contributed by atoms with E-state index < -0.39 is 0 Å². The first-order chi connectivity index (χ1) is 17.5. The van der Waals surface area contributed by atoms with Gasteiger partial charge in [-0.2, -0.15) is 5.26 Å². The maximum absolute atomic E-state index is 13.3. The molecule has 2 aliphatic heterocycles. The zero-order chi connectivity index (χ0) is 24.8. The van der Waals surface area contributed by atoms with Crippen LogP contribution in [0.2, 0.25) is 0 Å². The average molecular weight is 477 g/mol. The fourth-order valence-electron chi connectivity index (χ4n) is 6.59. The molecular weight excluding hydrogens is 448 g/mol. The van der Waals surface area contributed by atoms with Crippen molar-refractivity contribution in [2.45, 2.75) is 50.6 Å². The minimum absolute atomic E-state index is 0.0343. The molecule has 0 radical (unpaired) electrons. The molecule has 6 rings (SSSR count). The van der Waals surface area contributed by atoms with Crippen LogP contribution in [0.25, 0.3) is 11.1 Å². The molecule has 1 aliphatic carbocycles. The first-order valence-corrected chi connectivity index (χ1v) is 12.7. The number of carbonyl (C=O) groups is 2. The summed E-state index contributed by atoms with van der Waals surface area (Å²) in [5, 5.41) is 9.12. The molecule has 0 spiro atoms. The van der Waals surface area contributed by atoms with Gasteiger partial charge >= 0.3 is 6.09 Å². The summed E-state index contributed by atoms with van der Waals surface area (Å²) in [5.41, 5.74) is 6.93. The highest BCUT2D eigenvalue weighted by molar-refractivity contribution is 5.99. The van der Waals surface area contributed by atoms with Crippen molar-refractivity contribution >= 4 is 11.9 Å². The second-order valence-electron chi connectivity index (χ2n) is 10.3. The van der Waals surface area contributed by atoms with Gasteiger partial charge in [0.2, 0.25) is 0 Å². The Kier molecular flexibility index (Phi) is 5.60. The van der Waals surface area contributed by atoms with E-state index in [2.05, 4.69) is 30.3 Å². The third kappa shape index (κ3) is 3.69. The standard InChI is InChI=1S/C31H28N2O3/c1-19-14-20(17-32)10-13-24(19)30(34)21-15-22-11-12-23(16-21)33(22)31(35)36-18-29-27-8-4-2-6-25(27)26-7-3-5-9-28(26)29/h2-10,13-14,21-23,29H,11-12,15-16,18H2,1H3. The van der Waals surface area contributed by atoms with Crippen molar-refractivity contribution in [3.63, 3.8) is 0 Å². The van der Waals surface area contributed by atoms with E-state index in [-0.39, 0.29) is 35.8 Å². The highest BCUT2D eigenvalue weighted by Crippen LogP contribution is 2.45. The molecule has 2 saturated heterocycles. The monoisotopic (exact) mass is 476 g/mol. The van der Waals surface area contributed by atoms with Crippen molar-refractivity contribution in [2.75, 3.05) is 6.61 Å². The summed E-state index contributed by atoms with van der Waals surface area (Å²) in [7, 11) is 0. The molecule has 2 bridgehead atoms. The highest BCUT2D eigenvalue weighted by Gasteiger charge is 2.46. The fraction of sp³-hybridized carbons (Fsp3) is 0.323. The van der Waals surface area contributed by atoms with Crippen LogP contribution in [0.15, 0.2) is 66.7 Å². The molecule has 2 atom stereocenters. The highest BCUT2D eigenvalue weighted by atomic mass is 16.6. The van der Waals surface area contributed by atoms with Crippen molar-refractivity contribution in [3.8, 4) is 17.2 Å². The molecule has 1 amide bonds. The lowest BCUT2D eigenvalue weighted by Gasteiger charge is -2.38. The molecule has 0 saturated carbocycles. The van der Waals surface area contributed by atoms with Gasteiger partial charge in [0.25, 0.3) is 0 Å². The molecule has 2 heterocycles. The maximum atomic E-state index is 13.3. The fourth-order valence-corrected chi connectivity index (χ4v) is 6.59. The summed E-state index contributed by atoms with van der Waals surface area (Å²) < 4.78 is 5.96. The molecule has 2 unspecified atom stereocenters. The Labute approximate surface area is 211 Å². The van der Waals surface area contributed by atoms with Crippen LogP contribution in [-0.2, 0) is 4.74 Å². The van der Waals surface area contributed by atoms with Gasteiger partial charge in [0, 0.05) is 29.5 Å². The Morgan fingerprint density at radius 1 is 0.944 bits per heavy atom. The van der Waals surface area contributed by atoms with E-state index in [1.54, 1.807) is 18.2 Å². The van der Waals surface area contributed by atoms with Crippen molar-refractivity contribution in [3.05, 3.63) is 94.5 Å². The van der Waals surface area contributed by atoms with E-state index in [0.717, 1.165) is 18.4 Å². The van der Waals surface area contributed by atoms with Crippen LogP contribution in [-0.4, -0.2) is 35.5 Å². The summed E-state index contributed by atoms with van der Waals surface area (Å²) in [6.07, 6.45) is 2.89. The van der Waals surface area contributed by atoms with Gasteiger partial charge in [-0.3, -0.25) is 4.79 Å². The maximum Gasteiger partial charge on any atom is 0.410 e. The number of ether oxygens (including phenoxy) is 1. The largest absolute Gasteiger partial charge is 0.448 e. The van der Waals surface area contributed by atoms with Gasteiger partial charge in [-0.05, 0) is 78.6 Å². The molecular formula is C31H28N2O3. The Hall–Kier alpha value is -3.91. The van der Waals surface area contributed by atoms with Gasteiger partial charge in [-0.25, -0.2) is 4.79 Å². The number of benzene rings is 3. The minimum atomic E-state index is -0.259. The molecule has 3 aromatic carbocycles. The molecule has 3 aliphatic rings. The zero-order valence-corrected chi connectivity index (χ0v) is 20.3. The van der Waals surface area contributed by atoms with E-state index in [4.69, 9.17) is 10.00 Å². The molecule has 0 aromatic heterocycles. The summed E-state index contributed by atoms with van der Waals surface area (Å²) >= 11 is 0. The van der Waals surface area contributed by atoms with Crippen LogP contribution < -0.4 is 0 Å². The Morgan fingerprint density at radius 3 is 2.14 bits per heavy atom. The van der Waals surface area contributed by atoms with Crippen molar-refractivity contribution in [2.24, 2.45) is 5.92 Å². The van der Waals surface area contributed by atoms with Crippen LogP contribution in [0.5, 0.6) is 0 Å². The van der Waals surface area contributed by atoms with E-state index in [1.807, 2.05) is 36.1 Å². The number of nitriles is 1. The lowest BCUT2D eigenvalue weighted by molar-refractivity contribution is 0.0505. The number of amides is 1. The molecule has 5 heteroatoms. The Balaban J connectivity index is 1.14. The lowest BCUT2D eigenvalue weighted by Crippen LogP contribution is -2.48. The Bertz CT molecular complexity index is 1350. The first-order valence-electron chi connectivity index (χ1n) is 12.7. The summed E-state index contributed by atoms with van der Waals surface area (Å²) in [6, 6.07) is 24.1. The summed E-state index contributed by atoms with van der Waals surface area (Å²) in [4.78, 5) is 28.5. The quantitative estimate of drug-likeness (QED) is 0.418. The van der Waals surface area contributed by atoms with Crippen LogP contribution >= 0.6 is 0 Å². The van der Waals surface area contributed by atoms with Crippen LogP contribution in [0.4, 0.5) is 4.79 Å². The number of Topliss-reactive ketones (excluding diaryl/α,β-unsaturated/α-hetero) is 1. The molecule has 3 aromatic rings. The number of fused-ring (bicyclic) bond motifs is 5. The normalized spacial score (nSPS) is 22.0. The first kappa shape index (κ1) is 22.5. The lowest BCUT2D eigenvalue weighted by atomic mass is 9.83. The number of hydrogen-bond acceptors (Lipinski definition) is 4. The van der Waals surface area contributed by atoms with Crippen LogP contribution in [0.3, 0.4) is 0 Å². The van der Waals surface area contributed by atoms with E-state index in [0.29, 0.717) is 30.6 Å². The molecule has 36 heavy (non-hydrogen) atoms. The predicted octanol–water partition coefficient (Wildman–Crippen LogP) is 6.24. The van der Waals surface area contributed by atoms with Crippen LogP contribution in [0.1, 0.15) is 64.2 Å². The predicted molar refractivity (Wildman–Crippen MR) is 137 cm³/mol. The van der Waals surface area contributed by atoms with Crippen molar-refractivity contribution in [1.82, 2.24) is 4.90 Å². The van der Waals surface area contributed by atoms with E-state index >= 15 is 0 Å². The van der Waals surface area contributed by atoms with Crippen LogP contribution in [0, 0.1) is 24.2 Å². The van der Waals surface area contributed by atoms with Gasteiger partial charge in [-0.15, -0.1) is 0 Å². The number of carbonyl (C=O) groups excluding carboxylic acids is 2. The third-order valence-electron chi connectivity index (χ3n) is 8.27.